The number of aromatic nitrogens is 1. The summed E-state index contributed by atoms with van der Waals surface area (Å²) in [6.07, 6.45) is 0. The van der Waals surface area contributed by atoms with Crippen LogP contribution in [0.5, 0.6) is 17.2 Å². The van der Waals surface area contributed by atoms with Crippen molar-refractivity contribution in [2.75, 3.05) is 20.4 Å². The fraction of sp³-hybridized carbons (Fsp3) is 0.333. The SMILES string of the molecule is COc1cc(C)n(CCNC(=O)NCc2ccc3c(c2)OCO3)c(=O)c1. The summed E-state index contributed by atoms with van der Waals surface area (Å²) in [7, 11) is 1.52. The number of pyridine rings is 1. The molecule has 0 saturated heterocycles. The molecule has 0 fully saturated rings. The fourth-order valence-electron chi connectivity index (χ4n) is 2.68. The van der Waals surface area contributed by atoms with Gasteiger partial charge in [0, 0.05) is 31.4 Å². The van der Waals surface area contributed by atoms with Gasteiger partial charge in [0.15, 0.2) is 11.5 Å². The minimum Gasteiger partial charge on any atom is -0.496 e. The maximum atomic E-state index is 12.0. The molecule has 1 aliphatic heterocycles. The van der Waals surface area contributed by atoms with Crippen LogP contribution in [-0.2, 0) is 13.1 Å². The second kappa shape index (κ2) is 7.81. The third kappa shape index (κ3) is 4.08. The summed E-state index contributed by atoms with van der Waals surface area (Å²) in [5.74, 6) is 1.91. The van der Waals surface area contributed by atoms with E-state index in [2.05, 4.69) is 10.6 Å². The molecular weight excluding hydrogens is 338 g/mol. The number of urea groups is 1. The van der Waals surface area contributed by atoms with Gasteiger partial charge in [0.25, 0.3) is 5.56 Å². The average Bonchev–Trinajstić information content (AvgIpc) is 3.09. The van der Waals surface area contributed by atoms with E-state index >= 15 is 0 Å². The predicted molar refractivity (Wildman–Crippen MR) is 94.8 cm³/mol. The van der Waals surface area contributed by atoms with Crippen molar-refractivity contribution in [2.45, 2.75) is 20.0 Å². The van der Waals surface area contributed by atoms with Gasteiger partial charge in [0.1, 0.15) is 5.75 Å². The Balaban J connectivity index is 1.47. The van der Waals surface area contributed by atoms with E-state index in [0.717, 1.165) is 11.3 Å². The monoisotopic (exact) mass is 359 g/mol. The van der Waals surface area contributed by atoms with E-state index in [-0.39, 0.29) is 18.4 Å². The Morgan fingerprint density at radius 3 is 2.77 bits per heavy atom. The van der Waals surface area contributed by atoms with Gasteiger partial charge in [-0.05, 0) is 30.7 Å². The molecule has 138 valence electrons. The van der Waals surface area contributed by atoms with Gasteiger partial charge in [-0.25, -0.2) is 4.79 Å². The van der Waals surface area contributed by atoms with Crippen LogP contribution in [0.2, 0.25) is 0 Å². The van der Waals surface area contributed by atoms with Crippen LogP contribution in [0.1, 0.15) is 11.3 Å². The molecule has 0 spiro atoms. The number of carbonyl (C=O) groups is 1. The van der Waals surface area contributed by atoms with E-state index in [0.29, 0.717) is 36.9 Å². The number of amides is 2. The number of nitrogens with one attached hydrogen (secondary N) is 2. The maximum absolute atomic E-state index is 12.0. The van der Waals surface area contributed by atoms with Crippen LogP contribution in [0.15, 0.2) is 35.1 Å². The molecule has 26 heavy (non-hydrogen) atoms. The zero-order chi connectivity index (χ0) is 18.5. The van der Waals surface area contributed by atoms with Gasteiger partial charge in [-0.1, -0.05) is 6.07 Å². The molecule has 1 aliphatic rings. The van der Waals surface area contributed by atoms with Crippen molar-refractivity contribution in [1.82, 2.24) is 15.2 Å². The van der Waals surface area contributed by atoms with Crippen LogP contribution in [-0.4, -0.2) is 31.0 Å². The second-order valence-corrected chi connectivity index (χ2v) is 5.82. The van der Waals surface area contributed by atoms with E-state index in [4.69, 9.17) is 14.2 Å². The molecule has 1 aromatic heterocycles. The number of hydrogen-bond donors (Lipinski definition) is 2. The van der Waals surface area contributed by atoms with Gasteiger partial charge >= 0.3 is 6.03 Å². The molecule has 2 amide bonds. The molecule has 0 bridgehead atoms. The largest absolute Gasteiger partial charge is 0.496 e. The van der Waals surface area contributed by atoms with Gasteiger partial charge < -0.3 is 29.4 Å². The molecule has 0 saturated carbocycles. The van der Waals surface area contributed by atoms with Gasteiger partial charge in [-0.2, -0.15) is 0 Å². The van der Waals surface area contributed by atoms with Crippen molar-refractivity contribution in [2.24, 2.45) is 0 Å². The van der Waals surface area contributed by atoms with Crippen LogP contribution < -0.4 is 30.4 Å². The smallest absolute Gasteiger partial charge is 0.315 e. The van der Waals surface area contributed by atoms with E-state index in [1.54, 1.807) is 10.6 Å². The van der Waals surface area contributed by atoms with Crippen molar-refractivity contribution >= 4 is 6.03 Å². The number of carbonyl (C=O) groups excluding carboxylic acids is 1. The molecule has 2 aromatic rings. The Hall–Kier alpha value is -3.16. The molecule has 8 nitrogen and oxygen atoms in total. The fourth-order valence-corrected chi connectivity index (χ4v) is 2.68. The topological polar surface area (TPSA) is 90.8 Å². The number of hydrogen-bond acceptors (Lipinski definition) is 5. The molecule has 0 unspecified atom stereocenters. The van der Waals surface area contributed by atoms with Crippen molar-refractivity contribution in [3.05, 3.63) is 51.9 Å². The summed E-state index contributed by atoms with van der Waals surface area (Å²) in [5, 5.41) is 5.51. The lowest BCUT2D eigenvalue weighted by molar-refractivity contribution is 0.174. The molecule has 8 heteroatoms. The Labute approximate surface area is 150 Å². The first kappa shape index (κ1) is 17.7. The summed E-state index contributed by atoms with van der Waals surface area (Å²) in [5.41, 5.74) is 1.52. The van der Waals surface area contributed by atoms with Crippen molar-refractivity contribution in [3.63, 3.8) is 0 Å². The standard InChI is InChI=1S/C18H21N3O5/c1-12-7-14(24-2)9-17(22)21(12)6-5-19-18(23)20-10-13-3-4-15-16(8-13)26-11-25-15/h3-4,7-9H,5-6,10-11H2,1-2H3,(H2,19,20,23). The summed E-state index contributed by atoms with van der Waals surface area (Å²) < 4.78 is 17.2. The number of benzene rings is 1. The molecule has 1 aromatic carbocycles. The van der Waals surface area contributed by atoms with Crippen molar-refractivity contribution in [3.8, 4) is 17.2 Å². The highest BCUT2D eigenvalue weighted by Crippen LogP contribution is 2.32. The van der Waals surface area contributed by atoms with Crippen molar-refractivity contribution < 1.29 is 19.0 Å². The van der Waals surface area contributed by atoms with Crippen molar-refractivity contribution in [1.29, 1.82) is 0 Å². The van der Waals surface area contributed by atoms with E-state index in [9.17, 15) is 9.59 Å². The van der Waals surface area contributed by atoms with Gasteiger partial charge in [-0.3, -0.25) is 4.79 Å². The van der Waals surface area contributed by atoms with Crippen LogP contribution in [0.3, 0.4) is 0 Å². The highest BCUT2D eigenvalue weighted by Gasteiger charge is 2.13. The average molecular weight is 359 g/mol. The number of ether oxygens (including phenoxy) is 3. The Morgan fingerprint density at radius 2 is 2.00 bits per heavy atom. The first-order valence-corrected chi connectivity index (χ1v) is 8.22. The van der Waals surface area contributed by atoms with Crippen LogP contribution in [0, 0.1) is 6.92 Å². The lowest BCUT2D eigenvalue weighted by Gasteiger charge is -2.12. The third-order valence-corrected chi connectivity index (χ3v) is 4.06. The number of nitrogens with zero attached hydrogens (tertiary/aromatic N) is 1. The van der Waals surface area contributed by atoms with Crippen LogP contribution >= 0.6 is 0 Å². The zero-order valence-corrected chi connectivity index (χ0v) is 14.7. The molecule has 0 atom stereocenters. The lowest BCUT2D eigenvalue weighted by Crippen LogP contribution is -2.38. The predicted octanol–water partition coefficient (Wildman–Crippen LogP) is 1.39. The van der Waals surface area contributed by atoms with Gasteiger partial charge in [0.2, 0.25) is 6.79 Å². The van der Waals surface area contributed by atoms with Crippen LogP contribution in [0.4, 0.5) is 4.79 Å². The molecule has 0 radical (unpaired) electrons. The number of aryl methyl sites for hydroxylation is 1. The Kier molecular flexibility index (Phi) is 5.31. The highest BCUT2D eigenvalue weighted by atomic mass is 16.7. The van der Waals surface area contributed by atoms with Gasteiger partial charge in [0.05, 0.1) is 7.11 Å². The summed E-state index contributed by atoms with van der Waals surface area (Å²) in [4.78, 5) is 24.0. The highest BCUT2D eigenvalue weighted by molar-refractivity contribution is 5.73. The quantitative estimate of drug-likeness (QED) is 0.813. The maximum Gasteiger partial charge on any atom is 0.315 e. The second-order valence-electron chi connectivity index (χ2n) is 5.82. The molecule has 2 N–H and O–H groups in total. The number of methoxy groups -OCH3 is 1. The third-order valence-electron chi connectivity index (χ3n) is 4.06. The summed E-state index contributed by atoms with van der Waals surface area (Å²) >= 11 is 0. The van der Waals surface area contributed by atoms with E-state index in [1.807, 2.05) is 25.1 Å². The normalized spacial score (nSPS) is 11.9. The Bertz CT molecular complexity index is 862. The molecular formula is C18H21N3O5. The number of rotatable bonds is 6. The zero-order valence-electron chi connectivity index (χ0n) is 14.7. The first-order chi connectivity index (χ1) is 12.6. The summed E-state index contributed by atoms with van der Waals surface area (Å²) in [6.45, 7) is 3.12. The van der Waals surface area contributed by atoms with Gasteiger partial charge in [-0.15, -0.1) is 0 Å². The molecule has 0 aliphatic carbocycles. The lowest BCUT2D eigenvalue weighted by atomic mass is 10.2. The minimum absolute atomic E-state index is 0.163. The van der Waals surface area contributed by atoms with E-state index in [1.165, 1.54) is 13.2 Å². The van der Waals surface area contributed by atoms with Crippen LogP contribution in [0.25, 0.3) is 0 Å². The van der Waals surface area contributed by atoms with E-state index < -0.39 is 0 Å². The summed E-state index contributed by atoms with van der Waals surface area (Å²) in [6, 6.07) is 8.42. The molecule has 3 rings (SSSR count). The Morgan fingerprint density at radius 1 is 1.19 bits per heavy atom. The first-order valence-electron chi connectivity index (χ1n) is 8.22. The number of fused-ring (bicyclic) bond motifs is 1. The minimum atomic E-state index is -0.304. The molecule has 2 heterocycles.